The lowest BCUT2D eigenvalue weighted by Gasteiger charge is -2.20. The van der Waals surface area contributed by atoms with Crippen LogP contribution in [0.25, 0.3) is 0 Å². The first-order valence-corrected chi connectivity index (χ1v) is 7.18. The number of amides is 1. The maximum Gasteiger partial charge on any atom is 0.224 e. The zero-order valence-electron chi connectivity index (χ0n) is 11.2. The van der Waals surface area contributed by atoms with E-state index in [1.807, 2.05) is 0 Å². The van der Waals surface area contributed by atoms with Crippen molar-refractivity contribution in [1.82, 2.24) is 10.6 Å². The molecule has 0 aromatic heterocycles. The molecular weight excluding hydrogens is 212 g/mol. The molecule has 98 valence electrons. The lowest BCUT2D eigenvalue weighted by molar-refractivity contribution is -0.126. The van der Waals surface area contributed by atoms with E-state index in [1.165, 1.54) is 32.1 Å². The predicted octanol–water partition coefficient (Wildman–Crippen LogP) is 1.93. The first-order chi connectivity index (χ1) is 8.16. The van der Waals surface area contributed by atoms with Gasteiger partial charge in [0.05, 0.1) is 5.92 Å². The van der Waals surface area contributed by atoms with E-state index in [0.29, 0.717) is 12.0 Å². The molecule has 0 bridgehead atoms. The highest BCUT2D eigenvalue weighted by Gasteiger charge is 2.30. The van der Waals surface area contributed by atoms with Crippen LogP contribution in [0.2, 0.25) is 0 Å². The average Bonchev–Trinajstić information content (AvgIpc) is 2.61. The number of carbonyl (C=O) groups excluding carboxylic acids is 1. The fourth-order valence-corrected chi connectivity index (χ4v) is 3.10. The molecule has 4 atom stereocenters. The maximum absolute atomic E-state index is 12.2. The zero-order chi connectivity index (χ0) is 12.3. The van der Waals surface area contributed by atoms with Crippen LogP contribution in [0.3, 0.4) is 0 Å². The van der Waals surface area contributed by atoms with E-state index in [2.05, 4.69) is 24.5 Å². The van der Waals surface area contributed by atoms with Crippen molar-refractivity contribution in [3.05, 3.63) is 0 Å². The second-order valence-electron chi connectivity index (χ2n) is 6.06. The fourth-order valence-electron chi connectivity index (χ4n) is 3.10. The molecule has 2 aliphatic rings. The van der Waals surface area contributed by atoms with E-state index < -0.39 is 0 Å². The van der Waals surface area contributed by atoms with Crippen LogP contribution in [-0.4, -0.2) is 25.0 Å². The van der Waals surface area contributed by atoms with Crippen LogP contribution in [-0.2, 0) is 4.79 Å². The number of hydrogen-bond acceptors (Lipinski definition) is 2. The molecule has 1 saturated carbocycles. The van der Waals surface area contributed by atoms with Crippen LogP contribution in [0.1, 0.15) is 46.0 Å². The summed E-state index contributed by atoms with van der Waals surface area (Å²) < 4.78 is 0. The van der Waals surface area contributed by atoms with Gasteiger partial charge in [-0.15, -0.1) is 0 Å². The normalized spacial score (nSPS) is 38.7. The van der Waals surface area contributed by atoms with Crippen molar-refractivity contribution in [3.8, 4) is 0 Å². The highest BCUT2D eigenvalue weighted by atomic mass is 16.2. The molecule has 2 fully saturated rings. The molecule has 2 unspecified atom stereocenters. The van der Waals surface area contributed by atoms with Crippen molar-refractivity contribution in [2.24, 2.45) is 17.8 Å². The Balaban J connectivity index is 1.81. The van der Waals surface area contributed by atoms with Gasteiger partial charge in [0.1, 0.15) is 0 Å². The summed E-state index contributed by atoms with van der Waals surface area (Å²) in [5, 5.41) is 6.57. The third-order valence-corrected chi connectivity index (χ3v) is 4.46. The van der Waals surface area contributed by atoms with Gasteiger partial charge in [0.2, 0.25) is 5.91 Å². The molecule has 1 aliphatic carbocycles. The first kappa shape index (κ1) is 12.9. The van der Waals surface area contributed by atoms with Crippen LogP contribution in [0.15, 0.2) is 0 Å². The number of hydrogen-bond donors (Lipinski definition) is 2. The Morgan fingerprint density at radius 2 is 1.94 bits per heavy atom. The largest absolute Gasteiger partial charge is 0.353 e. The van der Waals surface area contributed by atoms with Crippen molar-refractivity contribution < 1.29 is 4.79 Å². The SMILES string of the molecule is CC1CCCC(NC(=O)[C@@H]2CNC[C@H]2C)CC1. The third kappa shape index (κ3) is 3.44. The minimum atomic E-state index is 0.190. The van der Waals surface area contributed by atoms with Gasteiger partial charge in [0.25, 0.3) is 0 Å². The van der Waals surface area contributed by atoms with Crippen LogP contribution >= 0.6 is 0 Å². The number of rotatable bonds is 2. The van der Waals surface area contributed by atoms with E-state index in [1.54, 1.807) is 0 Å². The fraction of sp³-hybridized carbons (Fsp3) is 0.929. The zero-order valence-corrected chi connectivity index (χ0v) is 11.2. The molecule has 3 nitrogen and oxygen atoms in total. The van der Waals surface area contributed by atoms with Crippen LogP contribution in [0.5, 0.6) is 0 Å². The summed E-state index contributed by atoms with van der Waals surface area (Å²) >= 11 is 0. The van der Waals surface area contributed by atoms with Gasteiger partial charge in [0, 0.05) is 12.6 Å². The Bertz CT molecular complexity index is 267. The molecule has 1 amide bonds. The molecule has 0 aromatic carbocycles. The van der Waals surface area contributed by atoms with Crippen molar-refractivity contribution in [2.45, 2.75) is 52.0 Å². The van der Waals surface area contributed by atoms with Gasteiger partial charge in [-0.3, -0.25) is 4.79 Å². The Hall–Kier alpha value is -0.570. The smallest absolute Gasteiger partial charge is 0.224 e. The lowest BCUT2D eigenvalue weighted by atomic mass is 9.96. The Kier molecular flexibility index (Phi) is 4.43. The molecule has 17 heavy (non-hydrogen) atoms. The Morgan fingerprint density at radius 3 is 2.65 bits per heavy atom. The summed E-state index contributed by atoms with van der Waals surface area (Å²) in [4.78, 5) is 12.2. The van der Waals surface area contributed by atoms with Crippen LogP contribution < -0.4 is 10.6 Å². The molecular formula is C14H26N2O. The minimum Gasteiger partial charge on any atom is -0.353 e. The Morgan fingerprint density at radius 1 is 1.12 bits per heavy atom. The summed E-state index contributed by atoms with van der Waals surface area (Å²) in [7, 11) is 0. The Labute approximate surface area is 105 Å². The third-order valence-electron chi connectivity index (χ3n) is 4.46. The highest BCUT2D eigenvalue weighted by Crippen LogP contribution is 2.23. The average molecular weight is 238 g/mol. The summed E-state index contributed by atoms with van der Waals surface area (Å²) in [5.41, 5.74) is 0. The maximum atomic E-state index is 12.2. The molecule has 2 rings (SSSR count). The first-order valence-electron chi connectivity index (χ1n) is 7.18. The van der Waals surface area contributed by atoms with Gasteiger partial charge in [-0.25, -0.2) is 0 Å². The summed E-state index contributed by atoms with van der Waals surface area (Å²) in [6.07, 6.45) is 6.20. The van der Waals surface area contributed by atoms with Gasteiger partial charge in [-0.1, -0.05) is 26.7 Å². The van der Waals surface area contributed by atoms with Crippen LogP contribution in [0, 0.1) is 17.8 Å². The monoisotopic (exact) mass is 238 g/mol. The summed E-state index contributed by atoms with van der Waals surface area (Å²) in [6, 6.07) is 0.431. The highest BCUT2D eigenvalue weighted by molar-refractivity contribution is 5.79. The van der Waals surface area contributed by atoms with E-state index in [9.17, 15) is 4.79 Å². The number of carbonyl (C=O) groups is 1. The van der Waals surface area contributed by atoms with Gasteiger partial charge < -0.3 is 10.6 Å². The second-order valence-corrected chi connectivity index (χ2v) is 6.06. The molecule has 1 saturated heterocycles. The van der Waals surface area contributed by atoms with E-state index in [0.717, 1.165) is 19.0 Å². The lowest BCUT2D eigenvalue weighted by Crippen LogP contribution is -2.40. The van der Waals surface area contributed by atoms with E-state index in [4.69, 9.17) is 0 Å². The topological polar surface area (TPSA) is 41.1 Å². The molecule has 1 heterocycles. The minimum absolute atomic E-state index is 0.190. The molecule has 0 aromatic rings. The van der Waals surface area contributed by atoms with Crippen molar-refractivity contribution in [3.63, 3.8) is 0 Å². The standard InChI is InChI=1S/C14H26N2O/c1-10-4-3-5-12(7-6-10)16-14(17)13-9-15-8-11(13)2/h10-13,15H,3-9H2,1-2H3,(H,16,17)/t10?,11-,12?,13-/m1/s1. The van der Waals surface area contributed by atoms with Crippen molar-refractivity contribution in [2.75, 3.05) is 13.1 Å². The molecule has 0 spiro atoms. The number of nitrogens with one attached hydrogen (secondary N) is 2. The quantitative estimate of drug-likeness (QED) is 0.722. The van der Waals surface area contributed by atoms with Gasteiger partial charge in [-0.2, -0.15) is 0 Å². The van der Waals surface area contributed by atoms with Crippen molar-refractivity contribution in [1.29, 1.82) is 0 Å². The van der Waals surface area contributed by atoms with Crippen LogP contribution in [0.4, 0.5) is 0 Å². The van der Waals surface area contributed by atoms with Crippen molar-refractivity contribution >= 4 is 5.91 Å². The van der Waals surface area contributed by atoms with E-state index >= 15 is 0 Å². The summed E-state index contributed by atoms with van der Waals surface area (Å²) in [5.74, 6) is 1.79. The molecule has 3 heteroatoms. The van der Waals surface area contributed by atoms with Gasteiger partial charge in [0.15, 0.2) is 0 Å². The summed E-state index contributed by atoms with van der Waals surface area (Å²) in [6.45, 7) is 6.34. The predicted molar refractivity (Wildman–Crippen MR) is 69.7 cm³/mol. The van der Waals surface area contributed by atoms with Gasteiger partial charge in [-0.05, 0) is 37.6 Å². The molecule has 1 aliphatic heterocycles. The second kappa shape index (κ2) is 5.85. The molecule has 2 N–H and O–H groups in total. The van der Waals surface area contributed by atoms with E-state index in [-0.39, 0.29) is 11.8 Å². The van der Waals surface area contributed by atoms with Gasteiger partial charge >= 0.3 is 0 Å². The molecule has 0 radical (unpaired) electrons.